The summed E-state index contributed by atoms with van der Waals surface area (Å²) in [5.41, 5.74) is 0. The Balaban J connectivity index is -0.0000000450. The van der Waals surface area contributed by atoms with Crippen molar-refractivity contribution in [1.29, 1.82) is 0 Å². The van der Waals surface area contributed by atoms with E-state index >= 15 is 0 Å². The summed E-state index contributed by atoms with van der Waals surface area (Å²) >= 11 is 1.64. The first-order valence-electron chi connectivity index (χ1n) is 1.62. The lowest BCUT2D eigenvalue weighted by molar-refractivity contribution is 2.08. The molecule has 0 nitrogen and oxygen atoms in total. The number of rotatable bonds is 0. The molecule has 0 aliphatic carbocycles. The van der Waals surface area contributed by atoms with Gasteiger partial charge in [0.2, 0.25) is 0 Å². The van der Waals surface area contributed by atoms with Crippen LogP contribution < -0.4 is 4.62 Å². The van der Waals surface area contributed by atoms with Gasteiger partial charge in [-0.2, -0.15) is 0 Å². The third kappa shape index (κ3) is 9.29. The second kappa shape index (κ2) is 12.9. The minimum absolute atomic E-state index is 0. The van der Waals surface area contributed by atoms with Gasteiger partial charge in [-0.25, -0.2) is 0 Å². The van der Waals surface area contributed by atoms with Crippen molar-refractivity contribution in [2.45, 2.75) is 0 Å². The smallest absolute Gasteiger partial charge is 0.0379 e. The summed E-state index contributed by atoms with van der Waals surface area (Å²) in [6, 6.07) is 3.95. The molecule has 0 N–H and O–H groups in total. The zero-order valence-corrected chi connectivity index (χ0v) is 9.70. The van der Waals surface area contributed by atoms with Gasteiger partial charge in [0.25, 0.3) is 0 Å². The van der Waals surface area contributed by atoms with Crippen molar-refractivity contribution in [2.24, 2.45) is 0 Å². The van der Waals surface area contributed by atoms with Gasteiger partial charge in [-0.05, 0) is 11.4 Å². The van der Waals surface area contributed by atoms with Crippen LogP contribution in [0.2, 0.25) is 0 Å². The molecule has 1 aromatic heterocycles. The summed E-state index contributed by atoms with van der Waals surface area (Å²) in [4.78, 5) is 0. The van der Waals surface area contributed by atoms with Gasteiger partial charge in [-0.3, -0.25) is 0 Å². The summed E-state index contributed by atoms with van der Waals surface area (Å²) in [5, 5.41) is 2.00. The van der Waals surface area contributed by atoms with Gasteiger partial charge >= 0.3 is 0 Å². The van der Waals surface area contributed by atoms with Crippen LogP contribution in [0, 0.1) is 0 Å². The molecule has 0 aliphatic heterocycles. The molecule has 62 valence electrons. The van der Waals surface area contributed by atoms with Crippen LogP contribution in [0.25, 0.3) is 0 Å². The van der Waals surface area contributed by atoms with Crippen LogP contribution in [0.5, 0.6) is 0 Å². The first kappa shape index (κ1) is 22.5. The fourth-order valence-corrected chi connectivity index (χ4v) is 0.992. The van der Waals surface area contributed by atoms with Crippen LogP contribution in [-0.4, -0.2) is 0 Å². The second-order valence-corrected chi connectivity index (χ2v) is 2.68. The van der Waals surface area contributed by atoms with Gasteiger partial charge in [0.1, 0.15) is 0 Å². The molecular formula is C4H7Cl4PS. The molecule has 0 aliphatic rings. The molecule has 0 unspecified atom stereocenters. The zero-order chi connectivity index (χ0) is 4.41. The van der Waals surface area contributed by atoms with E-state index < -0.39 is 0 Å². The van der Waals surface area contributed by atoms with Crippen molar-refractivity contribution in [2.75, 3.05) is 0 Å². The second-order valence-electron chi connectivity index (χ2n) is 0.951. The maximum Gasteiger partial charge on any atom is 0.0379 e. The molecule has 6 heteroatoms. The predicted molar refractivity (Wildman–Crippen MR) is 59.9 cm³/mol. The monoisotopic (exact) mass is 258 g/mol. The molecule has 0 bridgehead atoms. The predicted octanol–water partition coefficient (Wildman–Crippen LogP) is 3.47. The molecule has 10 heavy (non-hydrogen) atoms. The fourth-order valence-electron chi connectivity index (χ4n) is 0.270. The van der Waals surface area contributed by atoms with Crippen molar-refractivity contribution < 1.29 is 0 Å². The Morgan fingerprint density at radius 3 is 1.70 bits per heavy atom. The lowest BCUT2D eigenvalue weighted by Gasteiger charge is -1.63. The largest absolute Gasteiger partial charge is 0.147 e. The van der Waals surface area contributed by atoms with E-state index in [1.54, 1.807) is 11.3 Å². The minimum Gasteiger partial charge on any atom is -0.147 e. The molecule has 1 heterocycles. The summed E-state index contributed by atoms with van der Waals surface area (Å²) in [6.07, 6.45) is 0. The Labute approximate surface area is 92.0 Å². The van der Waals surface area contributed by atoms with Gasteiger partial charge in [-0.1, -0.05) is 6.07 Å². The van der Waals surface area contributed by atoms with Crippen LogP contribution in [0.3, 0.4) is 0 Å². The van der Waals surface area contributed by atoms with Crippen LogP contribution in [-0.2, 0) is 0 Å². The van der Waals surface area contributed by atoms with Crippen molar-refractivity contribution in [3.05, 3.63) is 17.5 Å². The number of hydrogen-bond donors (Lipinski definition) is 0. The Kier molecular flexibility index (Phi) is 29.1. The molecule has 0 aromatic carbocycles. The van der Waals surface area contributed by atoms with E-state index in [-0.39, 0.29) is 49.6 Å². The zero-order valence-electron chi connectivity index (χ0n) is 4.72. The summed E-state index contributed by atoms with van der Waals surface area (Å²) in [7, 11) is 4.05. The Morgan fingerprint density at radius 2 is 1.60 bits per heavy atom. The normalized spacial score (nSPS) is 5.30. The highest BCUT2D eigenvalue weighted by Gasteiger charge is 1.76. The molecule has 2 radical (unpaired) electrons. The minimum atomic E-state index is 0. The van der Waals surface area contributed by atoms with Gasteiger partial charge in [-0.15, -0.1) is 61.0 Å². The molecule has 1 rings (SSSR count). The molecule has 0 saturated heterocycles. The summed E-state index contributed by atoms with van der Waals surface area (Å²) in [5.74, 6) is 0. The standard InChI is InChI=1S/C4H3PS.4ClH/c5-4-2-1-3-6-4;;;;/h1-3H;4*1H. The molecule has 1 aromatic rings. The van der Waals surface area contributed by atoms with E-state index in [1.807, 2.05) is 17.5 Å². The van der Waals surface area contributed by atoms with E-state index in [2.05, 4.69) is 9.24 Å². The molecule has 0 fully saturated rings. The third-order valence-electron chi connectivity index (χ3n) is 0.506. The third-order valence-corrected chi connectivity index (χ3v) is 1.64. The molecule has 0 atom stereocenters. The van der Waals surface area contributed by atoms with Crippen molar-refractivity contribution >= 4 is 74.8 Å². The maximum atomic E-state index is 4.05. The number of halogens is 4. The quantitative estimate of drug-likeness (QED) is 0.626. The van der Waals surface area contributed by atoms with Gasteiger partial charge in [0.15, 0.2) is 0 Å². The van der Waals surface area contributed by atoms with Crippen molar-refractivity contribution in [3.8, 4) is 0 Å². The van der Waals surface area contributed by atoms with E-state index in [0.717, 1.165) is 4.62 Å². The highest BCUT2D eigenvalue weighted by molar-refractivity contribution is 7.42. The lowest BCUT2D eigenvalue weighted by atomic mass is 10.7. The van der Waals surface area contributed by atoms with Gasteiger partial charge in [0, 0.05) is 13.9 Å². The van der Waals surface area contributed by atoms with E-state index in [9.17, 15) is 0 Å². The highest BCUT2D eigenvalue weighted by atomic mass is 35.5. The first-order chi connectivity index (χ1) is 2.89. The van der Waals surface area contributed by atoms with Crippen molar-refractivity contribution in [1.82, 2.24) is 0 Å². The van der Waals surface area contributed by atoms with Gasteiger partial charge in [0.05, 0.1) is 0 Å². The van der Waals surface area contributed by atoms with E-state index in [4.69, 9.17) is 0 Å². The maximum absolute atomic E-state index is 4.05. The lowest BCUT2D eigenvalue weighted by Crippen LogP contribution is -1.68. The van der Waals surface area contributed by atoms with Crippen LogP contribution in [0.1, 0.15) is 0 Å². The Hall–Kier alpha value is 1.29. The average molecular weight is 260 g/mol. The molecular weight excluding hydrogens is 253 g/mol. The number of hydrogen-bond acceptors (Lipinski definition) is 1. The fraction of sp³-hybridized carbons (Fsp3) is 0. The Bertz CT molecular complexity index is 121. The van der Waals surface area contributed by atoms with Gasteiger partial charge < -0.3 is 0 Å². The van der Waals surface area contributed by atoms with Crippen molar-refractivity contribution in [3.63, 3.8) is 0 Å². The van der Waals surface area contributed by atoms with E-state index in [0.29, 0.717) is 0 Å². The first-order valence-corrected chi connectivity index (χ1v) is 2.95. The van der Waals surface area contributed by atoms with Crippen LogP contribution in [0.15, 0.2) is 17.5 Å². The number of thiophene rings is 1. The Morgan fingerprint density at radius 1 is 1.10 bits per heavy atom. The topological polar surface area (TPSA) is 0 Å². The molecule has 0 amide bonds. The van der Waals surface area contributed by atoms with Crippen LogP contribution >= 0.6 is 70.2 Å². The van der Waals surface area contributed by atoms with E-state index in [1.165, 1.54) is 0 Å². The summed E-state index contributed by atoms with van der Waals surface area (Å²) < 4.78 is 1.08. The van der Waals surface area contributed by atoms with Crippen LogP contribution in [0.4, 0.5) is 0 Å². The molecule has 0 saturated carbocycles. The highest BCUT2D eigenvalue weighted by Crippen LogP contribution is 1.96. The molecule has 0 spiro atoms. The SMILES string of the molecule is Cl.Cl.Cl.Cl.[P]c1cccs1. The average Bonchev–Trinajstić information content (AvgIpc) is 1.86. The summed E-state index contributed by atoms with van der Waals surface area (Å²) in [6.45, 7) is 0.